The molecule has 4 rings (SSSR count). The first-order valence-electron chi connectivity index (χ1n) is 15.0. The Bertz CT molecular complexity index is 1610. The van der Waals surface area contributed by atoms with Crippen LogP contribution in [0.1, 0.15) is 56.2 Å². The summed E-state index contributed by atoms with van der Waals surface area (Å²) in [6.07, 6.45) is -0.281. The highest BCUT2D eigenvalue weighted by atomic mass is 32.2. The van der Waals surface area contributed by atoms with Crippen molar-refractivity contribution in [1.82, 2.24) is 10.0 Å². The lowest BCUT2D eigenvalue weighted by atomic mass is 9.98. The third kappa shape index (κ3) is 9.57. The normalized spacial score (nSPS) is 13.3. The molecule has 10 nitrogen and oxygen atoms in total. The lowest BCUT2D eigenvalue weighted by molar-refractivity contribution is -0.158. The van der Waals surface area contributed by atoms with Gasteiger partial charge in [-0.15, -0.1) is 0 Å². The number of nitrogens with one attached hydrogen (secondary N) is 2. The summed E-state index contributed by atoms with van der Waals surface area (Å²) in [6.45, 7) is 5.71. The van der Waals surface area contributed by atoms with E-state index in [0.29, 0.717) is 18.7 Å². The van der Waals surface area contributed by atoms with Crippen LogP contribution in [0.2, 0.25) is 0 Å². The van der Waals surface area contributed by atoms with Gasteiger partial charge >= 0.3 is 18.0 Å². The van der Waals surface area contributed by atoms with Crippen LogP contribution in [0.3, 0.4) is 0 Å². The Morgan fingerprint density at radius 2 is 1.59 bits per heavy atom. The summed E-state index contributed by atoms with van der Waals surface area (Å²) in [7, 11) is -3.03. The number of carbonyl (C=O) groups is 3. The number of hydrogen-bond acceptors (Lipinski definition) is 9. The van der Waals surface area contributed by atoms with E-state index < -0.39 is 46.1 Å². The third-order valence-electron chi connectivity index (χ3n) is 7.13. The van der Waals surface area contributed by atoms with Crippen molar-refractivity contribution >= 4 is 39.8 Å². The molecular formula is C34H40N2O8S2. The number of rotatable bonds is 14. The molecule has 3 aromatic rings. The van der Waals surface area contributed by atoms with Crippen molar-refractivity contribution in [3.05, 3.63) is 89.5 Å². The summed E-state index contributed by atoms with van der Waals surface area (Å²) in [5.74, 6) is -0.372. The summed E-state index contributed by atoms with van der Waals surface area (Å²) >= 11 is 1.59. The number of carbonyl (C=O) groups excluding carboxylic acids is 3. The molecule has 0 radical (unpaired) electrons. The van der Waals surface area contributed by atoms with Crippen molar-refractivity contribution in [3.8, 4) is 11.1 Å². The molecule has 0 saturated heterocycles. The molecule has 0 bridgehead atoms. The second-order valence-corrected chi connectivity index (χ2v) is 14.6. The molecule has 0 unspecified atom stereocenters. The van der Waals surface area contributed by atoms with Crippen LogP contribution in [-0.4, -0.2) is 64.1 Å². The zero-order valence-electron chi connectivity index (χ0n) is 26.4. The van der Waals surface area contributed by atoms with Crippen molar-refractivity contribution < 1.29 is 37.0 Å². The minimum Gasteiger partial charge on any atom is -0.468 e. The Balaban J connectivity index is 1.20. The predicted octanol–water partition coefficient (Wildman–Crippen LogP) is 5.40. The maximum atomic E-state index is 13.1. The minimum atomic E-state index is -4.15. The maximum absolute atomic E-state index is 13.1. The highest BCUT2D eigenvalue weighted by Gasteiger charge is 2.31. The van der Waals surface area contributed by atoms with Crippen LogP contribution < -0.4 is 10.0 Å². The van der Waals surface area contributed by atoms with Crippen LogP contribution in [0.5, 0.6) is 0 Å². The summed E-state index contributed by atoms with van der Waals surface area (Å²) in [5.41, 5.74) is 4.63. The zero-order valence-corrected chi connectivity index (χ0v) is 28.0. The molecule has 0 saturated carbocycles. The van der Waals surface area contributed by atoms with Crippen LogP contribution in [0, 0.1) is 0 Å². The van der Waals surface area contributed by atoms with Crippen molar-refractivity contribution in [3.63, 3.8) is 0 Å². The maximum Gasteiger partial charge on any atom is 0.407 e. The molecule has 246 valence electrons. The molecule has 1 amide bonds. The fraction of sp³-hybridized carbons (Fsp3) is 0.382. The lowest BCUT2D eigenvalue weighted by Gasteiger charge is -2.22. The van der Waals surface area contributed by atoms with Crippen LogP contribution in [-0.2, 0) is 39.6 Å². The first kappa shape index (κ1) is 35.0. The van der Waals surface area contributed by atoms with E-state index in [1.807, 2.05) is 24.3 Å². The molecule has 3 aromatic carbocycles. The number of methoxy groups -OCH3 is 1. The molecule has 0 aromatic heterocycles. The number of ether oxygens (including phenoxy) is 3. The van der Waals surface area contributed by atoms with E-state index in [0.717, 1.165) is 29.6 Å². The molecule has 46 heavy (non-hydrogen) atoms. The van der Waals surface area contributed by atoms with Gasteiger partial charge in [-0.1, -0.05) is 60.7 Å². The molecule has 1 aliphatic carbocycles. The fourth-order valence-electron chi connectivity index (χ4n) is 5.13. The molecular weight excluding hydrogens is 629 g/mol. The molecule has 0 fully saturated rings. The highest BCUT2D eigenvalue weighted by molar-refractivity contribution is 7.98. The molecule has 12 heteroatoms. The standard InChI is InChI=1S/C34H40N2O8S2/c1-34(2,3)44-31(37)20-30(32(38)42-4)36-46(40,41)24-12-9-11-23(19-24)22-45-18-10-17-35-33(39)43-21-29-27-15-7-5-13-25(27)26-14-6-8-16-28(26)29/h5-9,11-16,19,29-30,36H,10,17-18,20-22H2,1-4H3,(H,35,39)/t30-/m0/s1. The zero-order chi connectivity index (χ0) is 33.3. The van der Waals surface area contributed by atoms with E-state index in [2.05, 4.69) is 34.3 Å². The molecule has 0 spiro atoms. The Labute approximate surface area is 274 Å². The Morgan fingerprint density at radius 1 is 0.935 bits per heavy atom. The molecule has 1 aliphatic rings. The lowest BCUT2D eigenvalue weighted by Crippen LogP contribution is -2.43. The second kappa shape index (κ2) is 15.6. The van der Waals surface area contributed by atoms with E-state index in [1.165, 1.54) is 23.3 Å². The van der Waals surface area contributed by atoms with Gasteiger partial charge in [0.1, 0.15) is 18.2 Å². The summed E-state index contributed by atoms with van der Waals surface area (Å²) in [5, 5.41) is 2.81. The quantitative estimate of drug-likeness (QED) is 0.131. The Morgan fingerprint density at radius 3 is 2.22 bits per heavy atom. The number of sulfonamides is 1. The van der Waals surface area contributed by atoms with Gasteiger partial charge in [0.15, 0.2) is 0 Å². The van der Waals surface area contributed by atoms with Gasteiger partial charge in [-0.25, -0.2) is 13.2 Å². The van der Waals surface area contributed by atoms with E-state index in [1.54, 1.807) is 44.7 Å². The van der Waals surface area contributed by atoms with Gasteiger partial charge in [-0.05, 0) is 72.9 Å². The van der Waals surface area contributed by atoms with Gasteiger partial charge in [0.2, 0.25) is 10.0 Å². The van der Waals surface area contributed by atoms with E-state index >= 15 is 0 Å². The number of thioether (sulfide) groups is 1. The van der Waals surface area contributed by atoms with Gasteiger partial charge in [0, 0.05) is 18.2 Å². The second-order valence-electron chi connectivity index (χ2n) is 11.8. The van der Waals surface area contributed by atoms with Gasteiger partial charge in [-0.3, -0.25) is 9.59 Å². The molecule has 0 aliphatic heterocycles. The monoisotopic (exact) mass is 668 g/mol. The summed E-state index contributed by atoms with van der Waals surface area (Å²) in [4.78, 5) is 36.9. The van der Waals surface area contributed by atoms with Crippen molar-refractivity contribution in [2.45, 2.75) is 61.8 Å². The number of benzene rings is 3. The first-order chi connectivity index (χ1) is 21.9. The smallest absolute Gasteiger partial charge is 0.407 e. The largest absolute Gasteiger partial charge is 0.468 e. The summed E-state index contributed by atoms with van der Waals surface area (Å²) < 4.78 is 44.0. The predicted molar refractivity (Wildman–Crippen MR) is 177 cm³/mol. The Hall–Kier alpha value is -3.87. The van der Waals surface area contributed by atoms with Crippen LogP contribution >= 0.6 is 11.8 Å². The van der Waals surface area contributed by atoms with Crippen LogP contribution in [0.25, 0.3) is 11.1 Å². The van der Waals surface area contributed by atoms with Gasteiger partial charge in [0.25, 0.3) is 0 Å². The average Bonchev–Trinajstić information content (AvgIpc) is 3.33. The highest BCUT2D eigenvalue weighted by Crippen LogP contribution is 2.44. The third-order valence-corrected chi connectivity index (χ3v) is 9.71. The first-order valence-corrected chi connectivity index (χ1v) is 17.6. The Kier molecular flexibility index (Phi) is 11.9. The fourth-order valence-corrected chi connectivity index (χ4v) is 7.29. The topological polar surface area (TPSA) is 137 Å². The van der Waals surface area contributed by atoms with E-state index in [-0.39, 0.29) is 17.4 Å². The number of amides is 1. The van der Waals surface area contributed by atoms with Gasteiger partial charge in [-0.2, -0.15) is 16.5 Å². The van der Waals surface area contributed by atoms with Crippen LogP contribution in [0.4, 0.5) is 4.79 Å². The van der Waals surface area contributed by atoms with Crippen molar-refractivity contribution in [1.29, 1.82) is 0 Å². The van der Waals surface area contributed by atoms with Crippen molar-refractivity contribution in [2.75, 3.05) is 26.0 Å². The molecule has 1 atom stereocenters. The number of hydrogen-bond donors (Lipinski definition) is 2. The van der Waals surface area contributed by atoms with Gasteiger partial charge < -0.3 is 19.5 Å². The molecule has 0 heterocycles. The number of fused-ring (bicyclic) bond motifs is 3. The van der Waals surface area contributed by atoms with Gasteiger partial charge in [0.05, 0.1) is 18.4 Å². The average molecular weight is 669 g/mol. The minimum absolute atomic E-state index is 0.000175. The number of alkyl carbamates (subject to hydrolysis) is 1. The van der Waals surface area contributed by atoms with E-state index in [9.17, 15) is 22.8 Å². The SMILES string of the molecule is COC(=O)[C@H](CC(=O)OC(C)(C)C)NS(=O)(=O)c1cccc(CSCCCNC(=O)OCC2c3ccccc3-c3ccccc32)c1. The summed E-state index contributed by atoms with van der Waals surface area (Å²) in [6, 6.07) is 21.3. The van der Waals surface area contributed by atoms with E-state index in [4.69, 9.17) is 14.2 Å². The molecule has 2 N–H and O–H groups in total. The van der Waals surface area contributed by atoms with Crippen LogP contribution in [0.15, 0.2) is 77.7 Å². The number of esters is 2. The van der Waals surface area contributed by atoms with Crippen molar-refractivity contribution in [2.24, 2.45) is 0 Å².